The Hall–Kier alpha value is -3.23. The van der Waals surface area contributed by atoms with Crippen LogP contribution < -0.4 is 5.43 Å². The molecule has 2 heteroatoms. The van der Waals surface area contributed by atoms with Crippen LogP contribution in [0.4, 0.5) is 0 Å². The van der Waals surface area contributed by atoms with E-state index < -0.39 is 0 Å². The molecule has 0 amide bonds. The van der Waals surface area contributed by atoms with Gasteiger partial charge >= 0.3 is 0 Å². The van der Waals surface area contributed by atoms with Crippen molar-refractivity contribution in [1.82, 2.24) is 0 Å². The van der Waals surface area contributed by atoms with Crippen molar-refractivity contribution >= 4 is 31.5 Å². The average molecular weight is 364 g/mol. The minimum absolute atomic E-state index is 0.106. The summed E-state index contributed by atoms with van der Waals surface area (Å²) < 4.78 is 2.07. The molecule has 0 fully saturated rings. The fourth-order valence-corrected chi connectivity index (χ4v) is 4.72. The predicted octanol–water partition coefficient (Wildman–Crippen LogP) is 6.75. The second-order valence-corrected chi connectivity index (χ2v) is 7.61. The fourth-order valence-electron chi connectivity index (χ4n) is 3.54. The van der Waals surface area contributed by atoms with Gasteiger partial charge in [0.15, 0.2) is 5.43 Å². The lowest BCUT2D eigenvalue weighted by molar-refractivity contribution is 1.62. The van der Waals surface area contributed by atoms with Crippen LogP contribution in [0.2, 0.25) is 0 Å². The van der Waals surface area contributed by atoms with E-state index in [1.165, 1.54) is 0 Å². The van der Waals surface area contributed by atoms with Gasteiger partial charge in [-0.25, -0.2) is 0 Å². The zero-order valence-corrected chi connectivity index (χ0v) is 15.4. The zero-order valence-electron chi connectivity index (χ0n) is 14.6. The predicted molar refractivity (Wildman–Crippen MR) is 116 cm³/mol. The molecular formula is C25H16OS. The molecule has 128 valence electrons. The van der Waals surface area contributed by atoms with E-state index in [1.54, 1.807) is 11.3 Å². The summed E-state index contributed by atoms with van der Waals surface area (Å²) in [5.74, 6) is 0. The molecule has 0 bridgehead atoms. The first-order valence-electron chi connectivity index (χ1n) is 8.92. The summed E-state index contributed by atoms with van der Waals surface area (Å²) in [5, 5.41) is 1.58. The molecule has 0 atom stereocenters. The first-order chi connectivity index (χ1) is 13.3. The van der Waals surface area contributed by atoms with Crippen LogP contribution >= 0.6 is 11.3 Å². The van der Waals surface area contributed by atoms with E-state index in [2.05, 4.69) is 30.3 Å². The Kier molecular flexibility index (Phi) is 3.84. The number of hydrogen-bond donors (Lipinski definition) is 0. The highest BCUT2D eigenvalue weighted by molar-refractivity contribution is 7.25. The minimum Gasteiger partial charge on any atom is -0.289 e. The van der Waals surface area contributed by atoms with Crippen LogP contribution in [-0.2, 0) is 0 Å². The lowest BCUT2D eigenvalue weighted by Crippen LogP contribution is -2.02. The number of rotatable bonds is 2. The van der Waals surface area contributed by atoms with Crippen LogP contribution in [0.3, 0.4) is 0 Å². The fraction of sp³-hybridized carbons (Fsp3) is 0. The van der Waals surface area contributed by atoms with Gasteiger partial charge in [0.25, 0.3) is 0 Å². The summed E-state index contributed by atoms with van der Waals surface area (Å²) in [7, 11) is 0. The van der Waals surface area contributed by atoms with E-state index in [1.807, 2.05) is 66.7 Å². The van der Waals surface area contributed by atoms with Gasteiger partial charge in [0.05, 0.1) is 0 Å². The second kappa shape index (κ2) is 6.49. The Labute approximate surface area is 161 Å². The van der Waals surface area contributed by atoms with Gasteiger partial charge in [-0.15, -0.1) is 11.3 Å². The maximum Gasteiger partial charge on any atom is 0.195 e. The van der Waals surface area contributed by atoms with E-state index in [9.17, 15) is 4.79 Å². The lowest BCUT2D eigenvalue weighted by Gasteiger charge is -2.11. The molecule has 1 aromatic heterocycles. The quantitative estimate of drug-likeness (QED) is 0.317. The molecule has 0 aliphatic carbocycles. The van der Waals surface area contributed by atoms with Gasteiger partial charge in [-0.05, 0) is 41.0 Å². The summed E-state index contributed by atoms with van der Waals surface area (Å²) in [4.78, 5) is 13.3. The molecular weight excluding hydrogens is 348 g/mol. The topological polar surface area (TPSA) is 17.1 Å². The zero-order chi connectivity index (χ0) is 18.2. The third-order valence-electron chi connectivity index (χ3n) is 4.87. The van der Waals surface area contributed by atoms with Gasteiger partial charge in [0.2, 0.25) is 0 Å². The Morgan fingerprint density at radius 1 is 0.556 bits per heavy atom. The van der Waals surface area contributed by atoms with E-state index in [0.717, 1.165) is 42.4 Å². The van der Waals surface area contributed by atoms with Gasteiger partial charge in [-0.1, -0.05) is 72.8 Å². The summed E-state index contributed by atoms with van der Waals surface area (Å²) in [5.41, 5.74) is 4.54. The van der Waals surface area contributed by atoms with Gasteiger partial charge in [0.1, 0.15) is 0 Å². The van der Waals surface area contributed by atoms with E-state index >= 15 is 0 Å². The maximum absolute atomic E-state index is 13.3. The van der Waals surface area contributed by atoms with Crippen LogP contribution in [0, 0.1) is 0 Å². The Morgan fingerprint density at radius 2 is 1.19 bits per heavy atom. The molecule has 0 saturated carbocycles. The summed E-state index contributed by atoms with van der Waals surface area (Å²) in [6.07, 6.45) is 0. The maximum atomic E-state index is 13.3. The molecule has 0 unspecified atom stereocenters. The summed E-state index contributed by atoms with van der Waals surface area (Å²) >= 11 is 1.69. The number of hydrogen-bond acceptors (Lipinski definition) is 2. The first-order valence-corrected chi connectivity index (χ1v) is 9.73. The smallest absolute Gasteiger partial charge is 0.195 e. The van der Waals surface area contributed by atoms with Crippen molar-refractivity contribution in [2.75, 3.05) is 0 Å². The SMILES string of the molecule is O=c1c2ccccc2sc2c(-c3ccccc3)cc(-c3ccccc3)cc12. The summed E-state index contributed by atoms with van der Waals surface area (Å²) in [6.45, 7) is 0. The molecule has 0 spiro atoms. The monoisotopic (exact) mass is 364 g/mol. The van der Waals surface area contributed by atoms with Crippen molar-refractivity contribution in [1.29, 1.82) is 0 Å². The van der Waals surface area contributed by atoms with E-state index in [4.69, 9.17) is 0 Å². The van der Waals surface area contributed by atoms with Crippen LogP contribution in [-0.4, -0.2) is 0 Å². The van der Waals surface area contributed by atoms with Crippen LogP contribution in [0.5, 0.6) is 0 Å². The Bertz CT molecular complexity index is 1320. The molecule has 27 heavy (non-hydrogen) atoms. The summed E-state index contributed by atoms with van der Waals surface area (Å²) in [6, 6.07) is 32.7. The van der Waals surface area contributed by atoms with Crippen LogP contribution in [0.15, 0.2) is 102 Å². The van der Waals surface area contributed by atoms with Crippen molar-refractivity contribution in [2.45, 2.75) is 0 Å². The van der Waals surface area contributed by atoms with Crippen molar-refractivity contribution in [3.8, 4) is 22.3 Å². The highest BCUT2D eigenvalue weighted by Crippen LogP contribution is 2.37. The molecule has 0 aliphatic heterocycles. The average Bonchev–Trinajstić information content (AvgIpc) is 2.75. The highest BCUT2D eigenvalue weighted by Gasteiger charge is 2.13. The minimum atomic E-state index is 0.106. The third kappa shape index (κ3) is 2.75. The van der Waals surface area contributed by atoms with Gasteiger partial charge in [0, 0.05) is 25.7 Å². The molecule has 5 rings (SSSR count). The van der Waals surface area contributed by atoms with Crippen molar-refractivity contribution < 1.29 is 0 Å². The van der Waals surface area contributed by atoms with Gasteiger partial charge in [-0.2, -0.15) is 0 Å². The lowest BCUT2D eigenvalue weighted by atomic mass is 9.96. The first kappa shape index (κ1) is 16.0. The van der Waals surface area contributed by atoms with Gasteiger partial charge in [-0.3, -0.25) is 4.79 Å². The van der Waals surface area contributed by atoms with Crippen LogP contribution in [0.1, 0.15) is 0 Å². The molecule has 0 N–H and O–H groups in total. The number of fused-ring (bicyclic) bond motifs is 2. The standard InChI is InChI=1S/C25H16OS/c26-24-20-13-7-8-14-23(20)27-25-21(18-11-5-2-6-12-18)15-19(16-22(24)25)17-9-3-1-4-10-17/h1-16H. The molecule has 5 aromatic rings. The van der Waals surface area contributed by atoms with Crippen LogP contribution in [0.25, 0.3) is 42.4 Å². The Morgan fingerprint density at radius 3 is 1.93 bits per heavy atom. The number of benzene rings is 4. The second-order valence-electron chi connectivity index (χ2n) is 6.56. The Balaban J connectivity index is 1.94. The van der Waals surface area contributed by atoms with Crippen molar-refractivity contribution in [3.05, 3.63) is 107 Å². The van der Waals surface area contributed by atoms with Gasteiger partial charge < -0.3 is 0 Å². The normalized spacial score (nSPS) is 11.1. The van der Waals surface area contributed by atoms with E-state index in [0.29, 0.717) is 0 Å². The molecule has 0 aliphatic rings. The molecule has 0 radical (unpaired) electrons. The molecule has 0 saturated heterocycles. The molecule has 4 aromatic carbocycles. The molecule has 1 nitrogen and oxygen atoms in total. The van der Waals surface area contributed by atoms with Crippen molar-refractivity contribution in [2.24, 2.45) is 0 Å². The van der Waals surface area contributed by atoms with E-state index in [-0.39, 0.29) is 5.43 Å². The third-order valence-corrected chi connectivity index (χ3v) is 6.09. The molecule has 1 heterocycles. The highest BCUT2D eigenvalue weighted by atomic mass is 32.1. The van der Waals surface area contributed by atoms with Crippen molar-refractivity contribution in [3.63, 3.8) is 0 Å². The largest absolute Gasteiger partial charge is 0.289 e.